The molecule has 1 aromatic heterocycles. The number of nitrogens with zero attached hydrogens (tertiary/aromatic N) is 2. The molecule has 0 unspecified atom stereocenters. The van der Waals surface area contributed by atoms with Gasteiger partial charge in [-0.2, -0.15) is 5.10 Å². The summed E-state index contributed by atoms with van der Waals surface area (Å²) >= 11 is 1.69. The van der Waals surface area contributed by atoms with Gasteiger partial charge in [0.1, 0.15) is 0 Å². The highest BCUT2D eigenvalue weighted by molar-refractivity contribution is 7.11. The molecule has 0 saturated carbocycles. The fourth-order valence-corrected chi connectivity index (χ4v) is 2.63. The minimum absolute atomic E-state index is 0.757. The molecule has 1 heterocycles. The second-order valence-electron chi connectivity index (χ2n) is 4.64. The van der Waals surface area contributed by atoms with Gasteiger partial charge in [-0.05, 0) is 29.1 Å². The third-order valence-corrected chi connectivity index (χ3v) is 3.90. The van der Waals surface area contributed by atoms with E-state index in [0.717, 1.165) is 17.1 Å². The van der Waals surface area contributed by atoms with Gasteiger partial charge in [0, 0.05) is 4.88 Å². The van der Waals surface area contributed by atoms with E-state index in [1.165, 1.54) is 5.56 Å². The second kappa shape index (κ2) is 6.86. The van der Waals surface area contributed by atoms with Crippen LogP contribution in [0.1, 0.15) is 10.4 Å². The summed E-state index contributed by atoms with van der Waals surface area (Å²) in [7, 11) is 0. The summed E-state index contributed by atoms with van der Waals surface area (Å²) in [6, 6.07) is 24.7. The number of anilines is 1. The van der Waals surface area contributed by atoms with Crippen LogP contribution in [-0.4, -0.2) is 6.21 Å². The maximum Gasteiger partial charge on any atom is 0.0666 e. The first-order valence-corrected chi connectivity index (χ1v) is 7.74. The first kappa shape index (κ1) is 13.6. The van der Waals surface area contributed by atoms with E-state index in [-0.39, 0.29) is 0 Å². The first-order chi connectivity index (χ1) is 10.4. The van der Waals surface area contributed by atoms with Gasteiger partial charge in [0.2, 0.25) is 0 Å². The summed E-state index contributed by atoms with van der Waals surface area (Å²) in [6.45, 7) is 0.757. The predicted octanol–water partition coefficient (Wildman–Crippen LogP) is 4.79. The van der Waals surface area contributed by atoms with Crippen LogP contribution >= 0.6 is 11.3 Å². The monoisotopic (exact) mass is 292 g/mol. The van der Waals surface area contributed by atoms with Crippen molar-refractivity contribution in [3.63, 3.8) is 0 Å². The molecular weight excluding hydrogens is 276 g/mol. The van der Waals surface area contributed by atoms with E-state index in [9.17, 15) is 0 Å². The van der Waals surface area contributed by atoms with Crippen molar-refractivity contribution in [2.45, 2.75) is 6.54 Å². The summed E-state index contributed by atoms with van der Waals surface area (Å²) in [5, 5.41) is 8.73. The van der Waals surface area contributed by atoms with Crippen molar-refractivity contribution in [1.82, 2.24) is 0 Å². The van der Waals surface area contributed by atoms with E-state index in [4.69, 9.17) is 0 Å². The van der Waals surface area contributed by atoms with Crippen molar-refractivity contribution in [2.24, 2.45) is 5.10 Å². The van der Waals surface area contributed by atoms with Crippen LogP contribution in [0.4, 0.5) is 5.69 Å². The third-order valence-electron chi connectivity index (χ3n) is 3.10. The Morgan fingerprint density at radius 3 is 2.24 bits per heavy atom. The molecule has 3 aromatic rings. The van der Waals surface area contributed by atoms with Crippen LogP contribution < -0.4 is 5.01 Å². The van der Waals surface area contributed by atoms with Gasteiger partial charge in [-0.3, -0.25) is 5.01 Å². The summed E-state index contributed by atoms with van der Waals surface area (Å²) in [4.78, 5) is 1.16. The molecule has 0 spiro atoms. The number of hydrogen-bond donors (Lipinski definition) is 0. The lowest BCUT2D eigenvalue weighted by Gasteiger charge is -2.19. The summed E-state index contributed by atoms with van der Waals surface area (Å²) in [5.74, 6) is 0. The quantitative estimate of drug-likeness (QED) is 0.487. The van der Waals surface area contributed by atoms with Crippen molar-refractivity contribution in [2.75, 3.05) is 5.01 Å². The van der Waals surface area contributed by atoms with E-state index >= 15 is 0 Å². The number of rotatable bonds is 5. The fraction of sp³-hybridized carbons (Fsp3) is 0.0556. The Hall–Kier alpha value is -2.39. The Kier molecular flexibility index (Phi) is 4.44. The number of para-hydroxylation sites is 1. The molecule has 2 aromatic carbocycles. The minimum atomic E-state index is 0.757. The van der Waals surface area contributed by atoms with Gasteiger partial charge >= 0.3 is 0 Å². The average molecular weight is 292 g/mol. The molecule has 3 heteroatoms. The maximum absolute atomic E-state index is 4.65. The van der Waals surface area contributed by atoms with E-state index < -0.39 is 0 Å². The Labute approximate surface area is 129 Å². The Bertz CT molecular complexity index is 676. The zero-order valence-corrected chi connectivity index (χ0v) is 12.4. The Morgan fingerprint density at radius 2 is 1.57 bits per heavy atom. The predicted molar refractivity (Wildman–Crippen MR) is 91.0 cm³/mol. The molecule has 104 valence electrons. The fourth-order valence-electron chi connectivity index (χ4n) is 2.05. The first-order valence-electron chi connectivity index (χ1n) is 6.86. The molecule has 0 bridgehead atoms. The lowest BCUT2D eigenvalue weighted by Crippen LogP contribution is -2.15. The molecule has 0 aliphatic heterocycles. The largest absolute Gasteiger partial charge is 0.261 e. The second-order valence-corrected chi connectivity index (χ2v) is 5.62. The molecule has 0 amide bonds. The van der Waals surface area contributed by atoms with Gasteiger partial charge in [0.15, 0.2) is 0 Å². The zero-order valence-electron chi connectivity index (χ0n) is 11.6. The number of hydrogen-bond acceptors (Lipinski definition) is 3. The summed E-state index contributed by atoms with van der Waals surface area (Å²) < 4.78 is 0. The van der Waals surface area contributed by atoms with Gasteiger partial charge in [-0.15, -0.1) is 11.3 Å². The van der Waals surface area contributed by atoms with Crippen LogP contribution in [-0.2, 0) is 6.54 Å². The van der Waals surface area contributed by atoms with E-state index in [1.54, 1.807) is 11.3 Å². The molecule has 2 nitrogen and oxygen atoms in total. The van der Waals surface area contributed by atoms with E-state index in [1.807, 2.05) is 41.6 Å². The van der Waals surface area contributed by atoms with Crippen molar-refractivity contribution < 1.29 is 0 Å². The van der Waals surface area contributed by atoms with Crippen LogP contribution in [0.2, 0.25) is 0 Å². The molecule has 3 rings (SSSR count). The lowest BCUT2D eigenvalue weighted by atomic mass is 10.2. The zero-order chi connectivity index (χ0) is 14.3. The Morgan fingerprint density at radius 1 is 0.857 bits per heavy atom. The molecule has 0 N–H and O–H groups in total. The number of benzene rings is 2. The molecule has 0 saturated heterocycles. The summed E-state index contributed by atoms with van der Waals surface area (Å²) in [6.07, 6.45) is 1.92. The molecule has 0 atom stereocenters. The lowest BCUT2D eigenvalue weighted by molar-refractivity contribution is 0.859. The molecule has 0 aliphatic carbocycles. The summed E-state index contributed by atoms with van der Waals surface area (Å²) in [5.41, 5.74) is 2.33. The molecular formula is C18H16N2S. The topological polar surface area (TPSA) is 15.6 Å². The maximum atomic E-state index is 4.65. The van der Waals surface area contributed by atoms with Crippen LogP contribution in [0.3, 0.4) is 0 Å². The SMILES string of the molecule is C(=N/N(Cc1ccccc1)c1ccccc1)/c1cccs1. The third kappa shape index (κ3) is 3.80. The van der Waals surface area contributed by atoms with Gasteiger partial charge in [-0.25, -0.2) is 0 Å². The van der Waals surface area contributed by atoms with Crippen molar-refractivity contribution in [3.05, 3.63) is 88.6 Å². The average Bonchev–Trinajstić information content (AvgIpc) is 3.07. The molecule has 21 heavy (non-hydrogen) atoms. The molecule has 0 aliphatic rings. The van der Waals surface area contributed by atoms with Crippen LogP contribution in [0.15, 0.2) is 83.3 Å². The van der Waals surface area contributed by atoms with Gasteiger partial charge in [-0.1, -0.05) is 54.6 Å². The van der Waals surface area contributed by atoms with Crippen LogP contribution in [0.25, 0.3) is 0 Å². The van der Waals surface area contributed by atoms with Crippen LogP contribution in [0.5, 0.6) is 0 Å². The number of hydrazone groups is 1. The van der Waals surface area contributed by atoms with Crippen molar-refractivity contribution >= 4 is 23.2 Å². The van der Waals surface area contributed by atoms with Gasteiger partial charge in [0.05, 0.1) is 18.4 Å². The van der Waals surface area contributed by atoms with E-state index in [2.05, 4.69) is 52.9 Å². The smallest absolute Gasteiger partial charge is 0.0666 e. The molecule has 0 fully saturated rings. The number of thiophene rings is 1. The van der Waals surface area contributed by atoms with E-state index in [0.29, 0.717) is 0 Å². The standard InChI is InChI=1S/C18H16N2S/c1-3-8-16(9-4-1)15-20(17-10-5-2-6-11-17)19-14-18-12-7-13-21-18/h1-14H,15H2/b19-14-. The highest BCUT2D eigenvalue weighted by atomic mass is 32.1. The van der Waals surface area contributed by atoms with Gasteiger partial charge < -0.3 is 0 Å². The minimum Gasteiger partial charge on any atom is -0.261 e. The Balaban J connectivity index is 1.84. The van der Waals surface area contributed by atoms with Crippen molar-refractivity contribution in [1.29, 1.82) is 0 Å². The van der Waals surface area contributed by atoms with Gasteiger partial charge in [0.25, 0.3) is 0 Å². The normalized spacial score (nSPS) is 10.9. The van der Waals surface area contributed by atoms with Crippen LogP contribution in [0, 0.1) is 0 Å². The van der Waals surface area contributed by atoms with Crippen molar-refractivity contribution in [3.8, 4) is 0 Å². The highest BCUT2D eigenvalue weighted by Crippen LogP contribution is 2.17. The molecule has 0 radical (unpaired) electrons. The highest BCUT2D eigenvalue weighted by Gasteiger charge is 2.05.